The van der Waals surface area contributed by atoms with Crippen LogP contribution < -0.4 is 10.2 Å². The molecule has 5 heteroatoms. The van der Waals surface area contributed by atoms with Gasteiger partial charge >= 0.3 is 0 Å². The van der Waals surface area contributed by atoms with E-state index in [1.165, 1.54) is 12.8 Å². The predicted molar refractivity (Wildman–Crippen MR) is 71.7 cm³/mol. The molecule has 0 spiro atoms. The van der Waals surface area contributed by atoms with Crippen molar-refractivity contribution < 1.29 is 4.74 Å². The van der Waals surface area contributed by atoms with Gasteiger partial charge in [-0.25, -0.2) is 4.98 Å². The summed E-state index contributed by atoms with van der Waals surface area (Å²) in [5, 5.41) is 3.44. The summed E-state index contributed by atoms with van der Waals surface area (Å²) in [7, 11) is 1.74. The van der Waals surface area contributed by atoms with E-state index in [1.807, 2.05) is 6.20 Å². The molecule has 1 aliphatic rings. The summed E-state index contributed by atoms with van der Waals surface area (Å²) >= 11 is 0. The van der Waals surface area contributed by atoms with Gasteiger partial charge in [-0.05, 0) is 25.3 Å². The Kier molecular flexibility index (Phi) is 5.36. The van der Waals surface area contributed by atoms with E-state index in [0.29, 0.717) is 0 Å². The van der Waals surface area contributed by atoms with E-state index in [1.54, 1.807) is 19.5 Å². The number of piperidine rings is 1. The number of nitrogens with zero attached hydrogens (tertiary/aromatic N) is 3. The highest BCUT2D eigenvalue weighted by atomic mass is 16.5. The van der Waals surface area contributed by atoms with Crippen LogP contribution >= 0.6 is 0 Å². The Morgan fingerprint density at radius 1 is 1.39 bits per heavy atom. The standard InChI is InChI=1S/C13H22N4O/c1-18-9-6-15-10-12-2-7-17(8-3-12)13-11-14-4-5-16-13/h4-5,11-12,15H,2-3,6-10H2,1H3. The lowest BCUT2D eigenvalue weighted by atomic mass is 9.97. The van der Waals surface area contributed by atoms with E-state index in [2.05, 4.69) is 20.2 Å². The van der Waals surface area contributed by atoms with Crippen LogP contribution in [0.2, 0.25) is 0 Å². The maximum absolute atomic E-state index is 5.02. The average Bonchev–Trinajstić information content (AvgIpc) is 2.45. The minimum atomic E-state index is 0.773. The second-order valence-electron chi connectivity index (χ2n) is 4.69. The molecule has 0 saturated carbocycles. The predicted octanol–water partition coefficient (Wildman–Crippen LogP) is 0.929. The third kappa shape index (κ3) is 3.92. The fraction of sp³-hybridized carbons (Fsp3) is 0.692. The van der Waals surface area contributed by atoms with Gasteiger partial charge in [0, 0.05) is 39.1 Å². The summed E-state index contributed by atoms with van der Waals surface area (Å²) in [6.45, 7) is 4.99. The Hall–Kier alpha value is -1.20. The van der Waals surface area contributed by atoms with Crippen LogP contribution in [0.1, 0.15) is 12.8 Å². The first-order valence-electron chi connectivity index (χ1n) is 6.61. The Labute approximate surface area is 109 Å². The smallest absolute Gasteiger partial charge is 0.147 e. The molecule has 0 bridgehead atoms. The number of hydrogen-bond donors (Lipinski definition) is 1. The van der Waals surface area contributed by atoms with E-state index in [4.69, 9.17) is 4.74 Å². The monoisotopic (exact) mass is 250 g/mol. The van der Waals surface area contributed by atoms with Gasteiger partial charge in [0.2, 0.25) is 0 Å². The molecule has 0 aliphatic carbocycles. The average molecular weight is 250 g/mol. The van der Waals surface area contributed by atoms with Gasteiger partial charge < -0.3 is 15.0 Å². The van der Waals surface area contributed by atoms with Crippen LogP contribution in [-0.2, 0) is 4.74 Å². The van der Waals surface area contributed by atoms with Crippen molar-refractivity contribution in [3.05, 3.63) is 18.6 Å². The van der Waals surface area contributed by atoms with Crippen LogP contribution in [0.4, 0.5) is 5.82 Å². The number of anilines is 1. The summed E-state index contributed by atoms with van der Waals surface area (Å²) in [5.41, 5.74) is 0. The lowest BCUT2D eigenvalue weighted by molar-refractivity contribution is 0.196. The second kappa shape index (κ2) is 7.28. The van der Waals surface area contributed by atoms with E-state index in [9.17, 15) is 0 Å². The highest BCUT2D eigenvalue weighted by molar-refractivity contribution is 5.35. The van der Waals surface area contributed by atoms with Crippen LogP contribution in [-0.4, -0.2) is 49.9 Å². The largest absolute Gasteiger partial charge is 0.383 e. The van der Waals surface area contributed by atoms with Gasteiger partial charge in [0.1, 0.15) is 5.82 Å². The van der Waals surface area contributed by atoms with E-state index >= 15 is 0 Å². The Morgan fingerprint density at radius 2 is 2.22 bits per heavy atom. The zero-order valence-corrected chi connectivity index (χ0v) is 11.0. The molecular weight excluding hydrogens is 228 g/mol. The van der Waals surface area contributed by atoms with Crippen LogP contribution in [0.25, 0.3) is 0 Å². The molecule has 1 fully saturated rings. The molecule has 0 aromatic carbocycles. The highest BCUT2D eigenvalue weighted by Crippen LogP contribution is 2.20. The zero-order chi connectivity index (χ0) is 12.6. The molecule has 5 nitrogen and oxygen atoms in total. The topological polar surface area (TPSA) is 50.3 Å². The van der Waals surface area contributed by atoms with Crippen molar-refractivity contribution in [3.63, 3.8) is 0 Å². The Morgan fingerprint density at radius 3 is 2.89 bits per heavy atom. The third-order valence-electron chi connectivity index (χ3n) is 3.40. The minimum Gasteiger partial charge on any atom is -0.383 e. The lowest BCUT2D eigenvalue weighted by Crippen LogP contribution is -2.38. The molecule has 1 aliphatic heterocycles. The first kappa shape index (κ1) is 13.2. The molecule has 0 amide bonds. The fourth-order valence-electron chi connectivity index (χ4n) is 2.30. The molecular formula is C13H22N4O. The molecule has 1 aromatic rings. The highest BCUT2D eigenvalue weighted by Gasteiger charge is 2.19. The van der Waals surface area contributed by atoms with Gasteiger partial charge in [-0.2, -0.15) is 0 Å². The molecule has 0 unspecified atom stereocenters. The molecule has 0 atom stereocenters. The minimum absolute atomic E-state index is 0.773. The summed E-state index contributed by atoms with van der Waals surface area (Å²) in [4.78, 5) is 10.8. The summed E-state index contributed by atoms with van der Waals surface area (Å²) < 4.78 is 5.02. The van der Waals surface area contributed by atoms with Crippen molar-refractivity contribution in [2.24, 2.45) is 5.92 Å². The summed E-state index contributed by atoms with van der Waals surface area (Å²) in [5.74, 6) is 1.78. The van der Waals surface area contributed by atoms with Crippen molar-refractivity contribution >= 4 is 5.82 Å². The molecule has 100 valence electrons. The molecule has 1 N–H and O–H groups in total. The van der Waals surface area contributed by atoms with Gasteiger partial charge in [0.25, 0.3) is 0 Å². The van der Waals surface area contributed by atoms with Crippen molar-refractivity contribution in [1.29, 1.82) is 0 Å². The zero-order valence-electron chi connectivity index (χ0n) is 11.0. The van der Waals surface area contributed by atoms with Gasteiger partial charge in [0.05, 0.1) is 12.8 Å². The van der Waals surface area contributed by atoms with Gasteiger partial charge in [-0.3, -0.25) is 4.98 Å². The van der Waals surface area contributed by atoms with Crippen LogP contribution in [0, 0.1) is 5.92 Å². The van der Waals surface area contributed by atoms with E-state index in [0.717, 1.165) is 44.5 Å². The molecule has 2 rings (SSSR count). The molecule has 1 saturated heterocycles. The number of rotatable bonds is 6. The maximum atomic E-state index is 5.02. The summed E-state index contributed by atoms with van der Waals surface area (Å²) in [6.07, 6.45) is 7.76. The number of nitrogens with one attached hydrogen (secondary N) is 1. The van der Waals surface area contributed by atoms with E-state index in [-0.39, 0.29) is 0 Å². The first-order chi connectivity index (χ1) is 8.90. The molecule has 2 heterocycles. The number of ether oxygens (including phenoxy) is 1. The molecule has 1 aromatic heterocycles. The first-order valence-corrected chi connectivity index (χ1v) is 6.61. The third-order valence-corrected chi connectivity index (χ3v) is 3.40. The number of methoxy groups -OCH3 is 1. The SMILES string of the molecule is COCCNCC1CCN(c2cnccn2)CC1. The maximum Gasteiger partial charge on any atom is 0.147 e. The fourth-order valence-corrected chi connectivity index (χ4v) is 2.30. The van der Waals surface area contributed by atoms with Crippen LogP contribution in [0.15, 0.2) is 18.6 Å². The molecule has 0 radical (unpaired) electrons. The van der Waals surface area contributed by atoms with Crippen molar-refractivity contribution in [2.45, 2.75) is 12.8 Å². The Bertz CT molecular complexity index is 325. The normalized spacial score (nSPS) is 17.1. The van der Waals surface area contributed by atoms with Crippen LogP contribution in [0.3, 0.4) is 0 Å². The molecule has 18 heavy (non-hydrogen) atoms. The van der Waals surface area contributed by atoms with Gasteiger partial charge in [0.15, 0.2) is 0 Å². The second-order valence-corrected chi connectivity index (χ2v) is 4.69. The van der Waals surface area contributed by atoms with Gasteiger partial charge in [-0.15, -0.1) is 0 Å². The van der Waals surface area contributed by atoms with Crippen molar-refractivity contribution in [3.8, 4) is 0 Å². The van der Waals surface area contributed by atoms with Crippen LogP contribution in [0.5, 0.6) is 0 Å². The number of hydrogen-bond acceptors (Lipinski definition) is 5. The van der Waals surface area contributed by atoms with E-state index < -0.39 is 0 Å². The summed E-state index contributed by atoms with van der Waals surface area (Å²) in [6, 6.07) is 0. The lowest BCUT2D eigenvalue weighted by Gasteiger charge is -2.32. The number of aromatic nitrogens is 2. The van der Waals surface area contributed by atoms with Gasteiger partial charge in [-0.1, -0.05) is 0 Å². The van der Waals surface area contributed by atoms with Crippen molar-refractivity contribution in [2.75, 3.05) is 44.8 Å². The van der Waals surface area contributed by atoms with Crippen molar-refractivity contribution in [1.82, 2.24) is 15.3 Å². The Balaban J connectivity index is 1.68. The quantitative estimate of drug-likeness (QED) is 0.761.